The molecule has 0 bridgehead atoms. The number of amides is 3. The minimum Gasteiger partial charge on any atom is -0.345 e. The van der Waals surface area contributed by atoms with E-state index < -0.39 is 16.1 Å². The number of aryl methyl sites for hydroxylation is 2. The van der Waals surface area contributed by atoms with Crippen LogP contribution in [0.1, 0.15) is 54.0 Å². The van der Waals surface area contributed by atoms with Crippen LogP contribution in [0.25, 0.3) is 0 Å². The van der Waals surface area contributed by atoms with Gasteiger partial charge in [0.2, 0.25) is 5.91 Å². The van der Waals surface area contributed by atoms with E-state index in [1.807, 2.05) is 0 Å². The van der Waals surface area contributed by atoms with Crippen LogP contribution in [0, 0.1) is 11.8 Å². The first kappa shape index (κ1) is 22.9. The Bertz CT molecular complexity index is 1220. The molecule has 4 rings (SSSR count). The highest BCUT2D eigenvalue weighted by Crippen LogP contribution is 2.38. The van der Waals surface area contributed by atoms with Gasteiger partial charge in [-0.05, 0) is 85.0 Å². The smallest absolute Gasteiger partial charge is 0.333 e. The Labute approximate surface area is 194 Å². The molecule has 33 heavy (non-hydrogen) atoms. The number of hydrogen-bond acceptors (Lipinski definition) is 4. The van der Waals surface area contributed by atoms with E-state index >= 15 is 0 Å². The fourth-order valence-electron chi connectivity index (χ4n) is 4.42. The summed E-state index contributed by atoms with van der Waals surface area (Å²) in [6.07, 6.45) is 6.28. The molecule has 0 aromatic heterocycles. The summed E-state index contributed by atoms with van der Waals surface area (Å²) in [5, 5.41) is 5.49. The zero-order chi connectivity index (χ0) is 23.4. The van der Waals surface area contributed by atoms with Crippen molar-refractivity contribution in [3.8, 4) is 11.8 Å². The quantitative estimate of drug-likeness (QED) is 0.591. The lowest BCUT2D eigenvalue weighted by Crippen LogP contribution is -2.35. The van der Waals surface area contributed by atoms with Gasteiger partial charge in [0.15, 0.2) is 0 Å². The van der Waals surface area contributed by atoms with Crippen LogP contribution in [0.15, 0.2) is 35.2 Å². The van der Waals surface area contributed by atoms with E-state index in [2.05, 4.69) is 33.3 Å². The van der Waals surface area contributed by atoms with Gasteiger partial charge >= 0.3 is 6.03 Å². The minimum atomic E-state index is -4.03. The standard InChI is InChI=1S/C25H27N3O4S/c1-2-23(29)26-15-5-6-17-11-13-20(14-12-17)33(31,32)28-25(30)27-24-21-9-3-7-18(21)16-19-8-4-10-22(19)24/h11-14,16H,2-4,7-10,15H2,1H3,(H,26,29)(H2,27,28,30). The average molecular weight is 466 g/mol. The normalized spacial score (nSPS) is 14.0. The second kappa shape index (κ2) is 9.67. The lowest BCUT2D eigenvalue weighted by molar-refractivity contribution is -0.120. The zero-order valence-corrected chi connectivity index (χ0v) is 19.4. The van der Waals surface area contributed by atoms with Crippen LogP contribution in [0.3, 0.4) is 0 Å². The molecule has 2 aromatic carbocycles. The lowest BCUT2D eigenvalue weighted by atomic mass is 9.99. The number of carbonyl (C=O) groups excluding carboxylic acids is 2. The molecule has 3 N–H and O–H groups in total. The van der Waals surface area contributed by atoms with Gasteiger partial charge in [-0.2, -0.15) is 0 Å². The second-order valence-corrected chi connectivity index (χ2v) is 9.93. The van der Waals surface area contributed by atoms with E-state index in [1.165, 1.54) is 23.3 Å². The molecule has 0 saturated carbocycles. The van der Waals surface area contributed by atoms with Crippen molar-refractivity contribution >= 4 is 27.6 Å². The molecule has 0 aliphatic heterocycles. The third-order valence-corrected chi connectivity index (χ3v) is 7.38. The van der Waals surface area contributed by atoms with Crippen molar-refractivity contribution < 1.29 is 18.0 Å². The van der Waals surface area contributed by atoms with E-state index in [0.717, 1.165) is 55.3 Å². The molecule has 0 heterocycles. The van der Waals surface area contributed by atoms with Crippen molar-refractivity contribution in [2.24, 2.45) is 0 Å². The van der Waals surface area contributed by atoms with Gasteiger partial charge < -0.3 is 10.6 Å². The molecule has 0 atom stereocenters. The number of carbonyl (C=O) groups is 2. The van der Waals surface area contributed by atoms with Gasteiger partial charge in [-0.15, -0.1) is 0 Å². The Kier molecular flexibility index (Phi) is 6.70. The summed E-state index contributed by atoms with van der Waals surface area (Å²) in [5.41, 5.74) is 6.22. The molecule has 0 radical (unpaired) electrons. The maximum Gasteiger partial charge on any atom is 0.333 e. The van der Waals surface area contributed by atoms with E-state index in [1.54, 1.807) is 19.1 Å². The first-order chi connectivity index (χ1) is 15.9. The van der Waals surface area contributed by atoms with Gasteiger partial charge in [0.1, 0.15) is 0 Å². The predicted molar refractivity (Wildman–Crippen MR) is 126 cm³/mol. The molecule has 7 nitrogen and oxygen atoms in total. The average Bonchev–Trinajstić information content (AvgIpc) is 3.45. The molecule has 8 heteroatoms. The van der Waals surface area contributed by atoms with Crippen LogP contribution in [-0.4, -0.2) is 26.9 Å². The summed E-state index contributed by atoms with van der Waals surface area (Å²) in [6.45, 7) is 1.98. The number of sulfonamides is 1. The van der Waals surface area contributed by atoms with Crippen molar-refractivity contribution in [3.05, 3.63) is 58.1 Å². The maximum atomic E-state index is 12.7. The molecule has 2 aromatic rings. The van der Waals surface area contributed by atoms with Crippen molar-refractivity contribution in [3.63, 3.8) is 0 Å². The molecular formula is C25H27N3O4S. The first-order valence-corrected chi connectivity index (χ1v) is 12.7. The number of urea groups is 1. The number of nitrogens with one attached hydrogen (secondary N) is 3. The summed E-state index contributed by atoms with van der Waals surface area (Å²) >= 11 is 0. The Hall–Kier alpha value is -3.31. The summed E-state index contributed by atoms with van der Waals surface area (Å²) in [4.78, 5) is 23.8. The molecule has 3 amide bonds. The van der Waals surface area contributed by atoms with Crippen molar-refractivity contribution in [1.82, 2.24) is 10.0 Å². The van der Waals surface area contributed by atoms with Crippen LogP contribution in [0.4, 0.5) is 10.5 Å². The first-order valence-electron chi connectivity index (χ1n) is 11.2. The molecule has 172 valence electrons. The summed E-state index contributed by atoms with van der Waals surface area (Å²) in [7, 11) is -4.03. The van der Waals surface area contributed by atoms with Crippen LogP contribution in [0.2, 0.25) is 0 Å². The Morgan fingerprint density at radius 2 is 1.61 bits per heavy atom. The van der Waals surface area contributed by atoms with Crippen molar-refractivity contribution in [2.75, 3.05) is 11.9 Å². The fourth-order valence-corrected chi connectivity index (χ4v) is 5.33. The highest BCUT2D eigenvalue weighted by Gasteiger charge is 2.26. The van der Waals surface area contributed by atoms with Gasteiger partial charge in [0, 0.05) is 17.7 Å². The largest absolute Gasteiger partial charge is 0.345 e. The van der Waals surface area contributed by atoms with E-state index in [-0.39, 0.29) is 17.3 Å². The molecule has 0 fully saturated rings. The highest BCUT2D eigenvalue weighted by atomic mass is 32.2. The maximum absolute atomic E-state index is 12.7. The molecule has 0 saturated heterocycles. The third-order valence-electron chi connectivity index (χ3n) is 6.03. The fraction of sp³-hybridized carbons (Fsp3) is 0.360. The molecule has 0 spiro atoms. The summed E-state index contributed by atoms with van der Waals surface area (Å²) < 4.78 is 27.6. The molecule has 2 aliphatic carbocycles. The van der Waals surface area contributed by atoms with E-state index in [4.69, 9.17) is 0 Å². The Morgan fingerprint density at radius 3 is 2.21 bits per heavy atom. The van der Waals surface area contributed by atoms with Crippen LogP contribution in [-0.2, 0) is 40.5 Å². The second-order valence-electron chi connectivity index (χ2n) is 8.25. The number of fused-ring (bicyclic) bond motifs is 2. The van der Waals surface area contributed by atoms with Crippen molar-refractivity contribution in [1.29, 1.82) is 0 Å². The monoisotopic (exact) mass is 465 g/mol. The topological polar surface area (TPSA) is 104 Å². The van der Waals surface area contributed by atoms with E-state index in [0.29, 0.717) is 12.0 Å². The Balaban J connectivity index is 1.43. The molecule has 0 unspecified atom stereocenters. The minimum absolute atomic E-state index is 0.0222. The van der Waals surface area contributed by atoms with Gasteiger partial charge in [-0.1, -0.05) is 24.8 Å². The highest BCUT2D eigenvalue weighted by molar-refractivity contribution is 7.90. The predicted octanol–water partition coefficient (Wildman–Crippen LogP) is 3.05. The number of anilines is 1. The van der Waals surface area contributed by atoms with Crippen LogP contribution in [0.5, 0.6) is 0 Å². The number of rotatable bonds is 5. The SMILES string of the molecule is CCC(=O)NCC#Cc1ccc(S(=O)(=O)NC(=O)Nc2c3c(cc4c2CCC4)CCC3)cc1. The third kappa shape index (κ3) is 5.20. The van der Waals surface area contributed by atoms with Crippen LogP contribution < -0.4 is 15.4 Å². The van der Waals surface area contributed by atoms with Gasteiger partial charge in [0.25, 0.3) is 10.0 Å². The molecular weight excluding hydrogens is 438 g/mol. The molecule has 2 aliphatic rings. The van der Waals surface area contributed by atoms with Crippen molar-refractivity contribution in [2.45, 2.75) is 56.8 Å². The Morgan fingerprint density at radius 1 is 0.970 bits per heavy atom. The zero-order valence-electron chi connectivity index (χ0n) is 18.6. The number of hydrogen-bond donors (Lipinski definition) is 3. The number of benzene rings is 2. The lowest BCUT2D eigenvalue weighted by Gasteiger charge is -2.16. The van der Waals surface area contributed by atoms with Gasteiger partial charge in [-0.25, -0.2) is 17.9 Å². The van der Waals surface area contributed by atoms with Crippen LogP contribution >= 0.6 is 0 Å². The summed E-state index contributed by atoms with van der Waals surface area (Å²) in [5.74, 6) is 5.60. The van der Waals surface area contributed by atoms with Gasteiger partial charge in [0.05, 0.1) is 11.4 Å². The van der Waals surface area contributed by atoms with E-state index in [9.17, 15) is 18.0 Å². The van der Waals surface area contributed by atoms with Gasteiger partial charge in [-0.3, -0.25) is 4.79 Å². The summed E-state index contributed by atoms with van der Waals surface area (Å²) in [6, 6.07) is 7.45.